The summed E-state index contributed by atoms with van der Waals surface area (Å²) in [6.07, 6.45) is 3.42. The smallest absolute Gasteiger partial charge is 0.141 e. The largest absolute Gasteiger partial charge is 0.312 e. The van der Waals surface area contributed by atoms with Gasteiger partial charge >= 0.3 is 0 Å². The molecule has 0 aliphatic rings. The molecule has 4 nitrogen and oxygen atoms in total. The second kappa shape index (κ2) is 9.82. The molecule has 0 radical (unpaired) electrons. The fourth-order valence-electron chi connectivity index (χ4n) is 2.34. The van der Waals surface area contributed by atoms with Gasteiger partial charge in [0.25, 0.3) is 0 Å². The van der Waals surface area contributed by atoms with Crippen LogP contribution in [0.2, 0.25) is 0 Å². The third-order valence-corrected chi connectivity index (χ3v) is 3.59. The van der Waals surface area contributed by atoms with Crippen LogP contribution < -0.4 is 5.32 Å². The quantitative estimate of drug-likeness (QED) is 0.717. The van der Waals surface area contributed by atoms with E-state index in [9.17, 15) is 4.39 Å². The number of rotatable bonds is 10. The van der Waals surface area contributed by atoms with Crippen molar-refractivity contribution in [2.75, 3.05) is 47.3 Å². The van der Waals surface area contributed by atoms with Crippen molar-refractivity contribution in [3.05, 3.63) is 29.8 Å². The first-order valence-electron chi connectivity index (χ1n) is 7.72. The topological polar surface area (TPSA) is 31.4 Å². The standard InChI is InChI=1S/C16H29FN4/c1-5-9-21(12-11-20(3)4)10-8-15(18-2)16-7-6-14(17)13-19-16/h6-7,13,15,18H,5,8-12H2,1-4H3. The number of halogens is 1. The maximum absolute atomic E-state index is 12.9. The first kappa shape index (κ1) is 18.0. The average Bonchev–Trinajstić information content (AvgIpc) is 2.46. The second-order valence-electron chi connectivity index (χ2n) is 5.68. The Bertz CT molecular complexity index is 380. The SMILES string of the molecule is CCCN(CCC(NC)c1ccc(F)cn1)CCN(C)C. The fourth-order valence-corrected chi connectivity index (χ4v) is 2.34. The van der Waals surface area contributed by atoms with Crippen molar-refractivity contribution >= 4 is 0 Å². The zero-order valence-electron chi connectivity index (χ0n) is 13.8. The molecule has 21 heavy (non-hydrogen) atoms. The monoisotopic (exact) mass is 296 g/mol. The Labute approximate surface area is 128 Å². The summed E-state index contributed by atoms with van der Waals surface area (Å²) in [5.41, 5.74) is 0.906. The van der Waals surface area contributed by atoms with Crippen molar-refractivity contribution in [3.8, 4) is 0 Å². The molecule has 0 aromatic carbocycles. The summed E-state index contributed by atoms with van der Waals surface area (Å²) in [7, 11) is 6.13. The van der Waals surface area contributed by atoms with Gasteiger partial charge < -0.3 is 15.1 Å². The fraction of sp³-hybridized carbons (Fsp3) is 0.688. The molecule has 1 N–H and O–H groups in total. The lowest BCUT2D eigenvalue weighted by Gasteiger charge is -2.25. The van der Waals surface area contributed by atoms with Gasteiger partial charge in [-0.15, -0.1) is 0 Å². The molecule has 120 valence electrons. The summed E-state index contributed by atoms with van der Waals surface area (Å²) in [5, 5.41) is 3.28. The number of aromatic nitrogens is 1. The van der Waals surface area contributed by atoms with E-state index < -0.39 is 0 Å². The van der Waals surface area contributed by atoms with Gasteiger partial charge in [0.15, 0.2) is 0 Å². The highest BCUT2D eigenvalue weighted by atomic mass is 19.1. The summed E-state index contributed by atoms with van der Waals surface area (Å²) >= 11 is 0. The van der Waals surface area contributed by atoms with E-state index in [2.05, 4.69) is 41.1 Å². The first-order chi connectivity index (χ1) is 10.1. The van der Waals surface area contributed by atoms with Gasteiger partial charge in [0, 0.05) is 19.6 Å². The van der Waals surface area contributed by atoms with Gasteiger partial charge in [0.1, 0.15) is 5.82 Å². The molecule has 0 saturated carbocycles. The summed E-state index contributed by atoms with van der Waals surface area (Å²) < 4.78 is 12.9. The minimum absolute atomic E-state index is 0.171. The molecule has 0 saturated heterocycles. The molecule has 1 aromatic heterocycles. The number of nitrogens with zero attached hydrogens (tertiary/aromatic N) is 3. The lowest BCUT2D eigenvalue weighted by Crippen LogP contribution is -2.34. The van der Waals surface area contributed by atoms with Crippen LogP contribution in [-0.4, -0.2) is 62.1 Å². The maximum Gasteiger partial charge on any atom is 0.141 e. The Morgan fingerprint density at radius 1 is 1.19 bits per heavy atom. The van der Waals surface area contributed by atoms with E-state index >= 15 is 0 Å². The number of nitrogens with one attached hydrogen (secondary N) is 1. The van der Waals surface area contributed by atoms with Gasteiger partial charge in [-0.25, -0.2) is 4.39 Å². The van der Waals surface area contributed by atoms with E-state index in [0.717, 1.165) is 44.7 Å². The van der Waals surface area contributed by atoms with Crippen LogP contribution in [0.4, 0.5) is 4.39 Å². The molecule has 1 atom stereocenters. The normalized spacial score (nSPS) is 13.1. The molecule has 0 aliphatic heterocycles. The van der Waals surface area contributed by atoms with Gasteiger partial charge in [-0.1, -0.05) is 6.92 Å². The van der Waals surface area contributed by atoms with E-state index in [1.54, 1.807) is 6.07 Å². The average molecular weight is 296 g/mol. The number of hydrogen-bond acceptors (Lipinski definition) is 4. The molecule has 0 amide bonds. The predicted molar refractivity (Wildman–Crippen MR) is 85.9 cm³/mol. The molecule has 1 unspecified atom stereocenters. The highest BCUT2D eigenvalue weighted by Gasteiger charge is 2.13. The van der Waals surface area contributed by atoms with Crippen LogP contribution in [0, 0.1) is 5.82 Å². The van der Waals surface area contributed by atoms with Gasteiger partial charge in [-0.05, 0) is 52.7 Å². The number of likely N-dealkylation sites (N-methyl/N-ethyl adjacent to an activating group) is 1. The maximum atomic E-state index is 12.9. The van der Waals surface area contributed by atoms with Crippen molar-refractivity contribution in [3.63, 3.8) is 0 Å². The molecule has 1 rings (SSSR count). The Balaban J connectivity index is 2.52. The Hall–Kier alpha value is -1.04. The summed E-state index contributed by atoms with van der Waals surface area (Å²) in [6.45, 7) is 6.49. The van der Waals surface area contributed by atoms with Gasteiger partial charge in [0.2, 0.25) is 0 Å². The zero-order chi connectivity index (χ0) is 15.7. The van der Waals surface area contributed by atoms with E-state index in [0.29, 0.717) is 0 Å². The third kappa shape index (κ3) is 6.98. The first-order valence-corrected chi connectivity index (χ1v) is 7.72. The van der Waals surface area contributed by atoms with Gasteiger partial charge in [0.05, 0.1) is 17.9 Å². The Morgan fingerprint density at radius 3 is 2.48 bits per heavy atom. The zero-order valence-corrected chi connectivity index (χ0v) is 13.8. The summed E-state index contributed by atoms with van der Waals surface area (Å²) in [5.74, 6) is -0.285. The van der Waals surface area contributed by atoms with Crippen LogP contribution in [0.1, 0.15) is 31.5 Å². The summed E-state index contributed by atoms with van der Waals surface area (Å²) in [6, 6.07) is 3.41. The molecular formula is C16H29FN4. The van der Waals surface area contributed by atoms with Gasteiger partial charge in [-0.3, -0.25) is 4.98 Å². The van der Waals surface area contributed by atoms with E-state index in [1.165, 1.54) is 12.3 Å². The van der Waals surface area contributed by atoms with Crippen molar-refractivity contribution in [1.82, 2.24) is 20.1 Å². The third-order valence-electron chi connectivity index (χ3n) is 3.59. The minimum Gasteiger partial charge on any atom is -0.312 e. The molecule has 0 bridgehead atoms. The number of hydrogen-bond donors (Lipinski definition) is 1. The van der Waals surface area contributed by atoms with Crippen molar-refractivity contribution in [1.29, 1.82) is 0 Å². The van der Waals surface area contributed by atoms with E-state index in [4.69, 9.17) is 0 Å². The predicted octanol–water partition coefficient (Wildman–Crippen LogP) is 2.14. The van der Waals surface area contributed by atoms with Crippen LogP contribution >= 0.6 is 0 Å². The van der Waals surface area contributed by atoms with Crippen molar-refractivity contribution in [2.24, 2.45) is 0 Å². The van der Waals surface area contributed by atoms with Crippen LogP contribution in [0.25, 0.3) is 0 Å². The van der Waals surface area contributed by atoms with Gasteiger partial charge in [-0.2, -0.15) is 0 Å². The lowest BCUT2D eigenvalue weighted by atomic mass is 10.1. The van der Waals surface area contributed by atoms with E-state index in [1.807, 2.05) is 7.05 Å². The molecule has 1 heterocycles. The van der Waals surface area contributed by atoms with Crippen LogP contribution in [0.5, 0.6) is 0 Å². The Kier molecular flexibility index (Phi) is 8.42. The highest BCUT2D eigenvalue weighted by molar-refractivity contribution is 5.09. The van der Waals surface area contributed by atoms with Crippen molar-refractivity contribution in [2.45, 2.75) is 25.8 Å². The molecule has 5 heteroatoms. The second-order valence-corrected chi connectivity index (χ2v) is 5.68. The van der Waals surface area contributed by atoms with Crippen LogP contribution in [0.3, 0.4) is 0 Å². The molecule has 0 aliphatic carbocycles. The molecule has 0 spiro atoms. The minimum atomic E-state index is -0.285. The molecule has 1 aromatic rings. The van der Waals surface area contributed by atoms with Crippen LogP contribution in [-0.2, 0) is 0 Å². The lowest BCUT2D eigenvalue weighted by molar-refractivity contribution is 0.230. The van der Waals surface area contributed by atoms with Crippen molar-refractivity contribution < 1.29 is 4.39 Å². The molecular weight excluding hydrogens is 267 g/mol. The molecule has 0 fully saturated rings. The van der Waals surface area contributed by atoms with Crippen LogP contribution in [0.15, 0.2) is 18.3 Å². The highest BCUT2D eigenvalue weighted by Crippen LogP contribution is 2.15. The summed E-state index contributed by atoms with van der Waals surface area (Å²) in [4.78, 5) is 8.87. The number of pyridine rings is 1. The Morgan fingerprint density at radius 2 is 1.95 bits per heavy atom. The van der Waals surface area contributed by atoms with E-state index in [-0.39, 0.29) is 11.9 Å².